The number of hydrogen-bond donors (Lipinski definition) is 0. The average molecular weight is 461 g/mol. The van der Waals surface area contributed by atoms with Crippen molar-refractivity contribution in [2.45, 2.75) is 0 Å². The molecule has 7 rings (SSSR count). The van der Waals surface area contributed by atoms with Crippen LogP contribution in [-0.2, 0) is 0 Å². The van der Waals surface area contributed by atoms with E-state index in [4.69, 9.17) is 4.74 Å². The van der Waals surface area contributed by atoms with Crippen LogP contribution in [0.3, 0.4) is 0 Å². The van der Waals surface area contributed by atoms with Gasteiger partial charge in [0.15, 0.2) is 0 Å². The molecule has 170 valence electrons. The van der Waals surface area contributed by atoms with Crippen LogP contribution in [0.1, 0.15) is 0 Å². The van der Waals surface area contributed by atoms with E-state index >= 15 is 0 Å². The molecule has 0 bridgehead atoms. The summed E-state index contributed by atoms with van der Waals surface area (Å²) in [6.45, 7) is 0. The van der Waals surface area contributed by atoms with E-state index in [9.17, 15) is 0 Å². The van der Waals surface area contributed by atoms with Crippen molar-refractivity contribution in [1.82, 2.24) is 0 Å². The quantitative estimate of drug-likeness (QED) is 0.238. The molecule has 7 aromatic rings. The fourth-order valence-electron chi connectivity index (χ4n) is 5.82. The molecule has 0 aromatic heterocycles. The molecular weight excluding hydrogens is 436 g/mol. The molecule has 0 N–H and O–H groups in total. The highest BCUT2D eigenvalue weighted by Crippen LogP contribution is 2.48. The van der Waals surface area contributed by atoms with Gasteiger partial charge in [-0.2, -0.15) is 0 Å². The summed E-state index contributed by atoms with van der Waals surface area (Å²) in [5, 5.41) is 9.81. The van der Waals surface area contributed by atoms with Gasteiger partial charge in [-0.3, -0.25) is 0 Å². The highest BCUT2D eigenvalue weighted by molar-refractivity contribution is 6.26. The van der Waals surface area contributed by atoms with Crippen LogP contribution in [-0.4, -0.2) is 7.11 Å². The van der Waals surface area contributed by atoms with Gasteiger partial charge in [-0.1, -0.05) is 121 Å². The summed E-state index contributed by atoms with van der Waals surface area (Å²) < 4.78 is 6.03. The van der Waals surface area contributed by atoms with Crippen molar-refractivity contribution in [3.8, 4) is 28.0 Å². The molecule has 0 aliphatic carbocycles. The van der Waals surface area contributed by atoms with E-state index in [0.29, 0.717) is 0 Å². The molecule has 7 aromatic carbocycles. The molecule has 0 heterocycles. The highest BCUT2D eigenvalue weighted by atomic mass is 16.5. The van der Waals surface area contributed by atoms with Crippen molar-refractivity contribution in [2.24, 2.45) is 0 Å². The molecule has 0 aliphatic rings. The Bertz CT molecular complexity index is 1920. The lowest BCUT2D eigenvalue weighted by Gasteiger charge is -2.21. The summed E-state index contributed by atoms with van der Waals surface area (Å²) >= 11 is 0. The van der Waals surface area contributed by atoms with Crippen LogP contribution in [0.2, 0.25) is 0 Å². The van der Waals surface area contributed by atoms with E-state index in [-0.39, 0.29) is 0 Å². The van der Waals surface area contributed by atoms with Crippen LogP contribution in [0.5, 0.6) is 5.75 Å². The van der Waals surface area contributed by atoms with Crippen molar-refractivity contribution in [3.63, 3.8) is 0 Å². The Morgan fingerprint density at radius 2 is 0.833 bits per heavy atom. The minimum atomic E-state index is 0.891. The molecule has 0 radical (unpaired) electrons. The normalized spacial score (nSPS) is 11.5. The predicted molar refractivity (Wildman–Crippen MR) is 154 cm³/mol. The Morgan fingerprint density at radius 3 is 1.44 bits per heavy atom. The third kappa shape index (κ3) is 3.03. The van der Waals surface area contributed by atoms with Gasteiger partial charge in [-0.25, -0.2) is 0 Å². The first kappa shape index (κ1) is 20.7. The molecule has 0 spiro atoms. The van der Waals surface area contributed by atoms with Gasteiger partial charge in [0, 0.05) is 10.9 Å². The lowest BCUT2D eigenvalue weighted by Crippen LogP contribution is -1.94. The Labute approximate surface area is 210 Å². The zero-order valence-electron chi connectivity index (χ0n) is 20.0. The fourth-order valence-corrected chi connectivity index (χ4v) is 5.82. The van der Waals surface area contributed by atoms with Crippen molar-refractivity contribution < 1.29 is 4.74 Å². The molecular formula is C35H24O. The maximum Gasteiger partial charge on any atom is 0.127 e. The van der Waals surface area contributed by atoms with Crippen molar-refractivity contribution >= 4 is 43.1 Å². The largest absolute Gasteiger partial charge is 0.496 e. The summed E-state index contributed by atoms with van der Waals surface area (Å²) in [5.41, 5.74) is 4.94. The molecule has 36 heavy (non-hydrogen) atoms. The Balaban J connectivity index is 1.74. The summed E-state index contributed by atoms with van der Waals surface area (Å²) in [7, 11) is 1.77. The molecule has 0 fully saturated rings. The zero-order chi connectivity index (χ0) is 24.1. The van der Waals surface area contributed by atoms with E-state index in [2.05, 4.69) is 127 Å². The third-order valence-electron chi connectivity index (χ3n) is 7.35. The molecule has 0 atom stereocenters. The van der Waals surface area contributed by atoms with E-state index < -0.39 is 0 Å². The monoisotopic (exact) mass is 460 g/mol. The Kier molecular flexibility index (Phi) is 4.75. The minimum Gasteiger partial charge on any atom is -0.496 e. The van der Waals surface area contributed by atoms with Crippen molar-refractivity contribution in [1.29, 1.82) is 0 Å². The SMILES string of the molecule is COc1cccc2c(-c3cccc4ccccc34)c3ccccc3c(-c3cccc4ccccc34)c12. The first-order valence-corrected chi connectivity index (χ1v) is 12.3. The highest BCUT2D eigenvalue weighted by Gasteiger charge is 2.21. The molecule has 1 heteroatoms. The second kappa shape index (κ2) is 8.25. The van der Waals surface area contributed by atoms with E-state index in [0.717, 1.165) is 11.1 Å². The number of fused-ring (bicyclic) bond motifs is 4. The van der Waals surface area contributed by atoms with Gasteiger partial charge >= 0.3 is 0 Å². The van der Waals surface area contributed by atoms with Crippen LogP contribution in [0.15, 0.2) is 127 Å². The number of ether oxygens (including phenoxy) is 1. The average Bonchev–Trinajstić information content (AvgIpc) is 2.95. The van der Waals surface area contributed by atoms with Crippen LogP contribution < -0.4 is 4.74 Å². The summed E-state index contributed by atoms with van der Waals surface area (Å²) in [6.07, 6.45) is 0. The molecule has 0 amide bonds. The second-order valence-corrected chi connectivity index (χ2v) is 9.23. The third-order valence-corrected chi connectivity index (χ3v) is 7.35. The second-order valence-electron chi connectivity index (χ2n) is 9.23. The van der Waals surface area contributed by atoms with Crippen molar-refractivity contribution in [2.75, 3.05) is 7.11 Å². The minimum absolute atomic E-state index is 0.891. The van der Waals surface area contributed by atoms with E-state index in [1.807, 2.05) is 0 Å². The zero-order valence-corrected chi connectivity index (χ0v) is 20.0. The van der Waals surface area contributed by atoms with Crippen LogP contribution in [0, 0.1) is 0 Å². The maximum atomic E-state index is 6.03. The summed E-state index contributed by atoms with van der Waals surface area (Å²) in [6, 6.07) is 45.7. The first-order chi connectivity index (χ1) is 17.8. The lowest BCUT2D eigenvalue weighted by molar-refractivity contribution is 0.420. The van der Waals surface area contributed by atoms with Gasteiger partial charge in [0.05, 0.1) is 7.11 Å². The van der Waals surface area contributed by atoms with Gasteiger partial charge < -0.3 is 4.74 Å². The van der Waals surface area contributed by atoms with Crippen LogP contribution >= 0.6 is 0 Å². The smallest absolute Gasteiger partial charge is 0.127 e. The number of benzene rings is 7. The predicted octanol–water partition coefficient (Wildman–Crippen LogP) is 9.64. The van der Waals surface area contributed by atoms with Gasteiger partial charge in [0.1, 0.15) is 5.75 Å². The molecule has 0 saturated carbocycles. The number of rotatable bonds is 3. The molecule has 0 unspecified atom stereocenters. The van der Waals surface area contributed by atoms with Crippen LogP contribution in [0.4, 0.5) is 0 Å². The van der Waals surface area contributed by atoms with Crippen LogP contribution in [0.25, 0.3) is 65.3 Å². The van der Waals surface area contributed by atoms with E-state index in [1.54, 1.807) is 7.11 Å². The topological polar surface area (TPSA) is 9.23 Å². The van der Waals surface area contributed by atoms with Gasteiger partial charge in [-0.05, 0) is 60.5 Å². The summed E-state index contributed by atoms with van der Waals surface area (Å²) in [4.78, 5) is 0. The van der Waals surface area contributed by atoms with E-state index in [1.165, 1.54) is 60.0 Å². The maximum absolute atomic E-state index is 6.03. The van der Waals surface area contributed by atoms with Gasteiger partial charge in [0.25, 0.3) is 0 Å². The Morgan fingerprint density at radius 1 is 0.389 bits per heavy atom. The molecule has 1 nitrogen and oxygen atoms in total. The van der Waals surface area contributed by atoms with Crippen molar-refractivity contribution in [3.05, 3.63) is 127 Å². The molecule has 0 saturated heterocycles. The number of hydrogen-bond acceptors (Lipinski definition) is 1. The van der Waals surface area contributed by atoms with Gasteiger partial charge in [0.2, 0.25) is 0 Å². The standard InChI is InChI=1S/C35H24O/c1-36-32-22-10-21-31-33(27-19-8-13-23-11-2-4-15-25(23)27)29-17-6-7-18-30(29)34(35(31)32)28-20-9-14-24-12-3-5-16-26(24)28/h2-22H,1H3. The fraction of sp³-hybridized carbons (Fsp3) is 0.0286. The molecule has 0 aliphatic heterocycles. The van der Waals surface area contributed by atoms with Gasteiger partial charge in [-0.15, -0.1) is 0 Å². The summed E-state index contributed by atoms with van der Waals surface area (Å²) in [5.74, 6) is 0.891. The first-order valence-electron chi connectivity index (χ1n) is 12.3. The number of methoxy groups -OCH3 is 1. The lowest BCUT2D eigenvalue weighted by atomic mass is 9.83. The Hall–Kier alpha value is -4.62.